The van der Waals surface area contributed by atoms with Crippen LogP contribution in [0.2, 0.25) is 0 Å². The molecule has 0 amide bonds. The predicted octanol–water partition coefficient (Wildman–Crippen LogP) is 30.8. The molecule has 0 saturated heterocycles. The smallest absolute Gasteiger partial charge is 0.201 e. The summed E-state index contributed by atoms with van der Waals surface area (Å²) in [5, 5.41) is 0. The molecule has 5 nitrogen and oxygen atoms in total. The molecule has 2 unspecified atom stereocenters. The zero-order valence-corrected chi connectivity index (χ0v) is 82.4. The van der Waals surface area contributed by atoms with Crippen LogP contribution in [0.1, 0.15) is 209 Å². The predicted molar refractivity (Wildman–Crippen MR) is 565 cm³/mol. The third-order valence-corrected chi connectivity index (χ3v) is 30.7. The van der Waals surface area contributed by atoms with Crippen LogP contribution in [0.3, 0.4) is 0 Å². The lowest BCUT2D eigenvalue weighted by Gasteiger charge is -2.36. The number of hydrogen-bond acceptors (Lipinski definition) is 0. The average Bonchev–Trinajstić information content (AvgIpc) is 1.64. The molecule has 0 aliphatic heterocycles. The first-order chi connectivity index (χ1) is 67.5. The number of rotatable bonds is 20. The van der Waals surface area contributed by atoms with Crippen molar-refractivity contribution in [3.63, 3.8) is 0 Å². The van der Waals surface area contributed by atoms with Crippen molar-refractivity contribution >= 4 is 0 Å². The second kappa shape index (κ2) is 46.0. The van der Waals surface area contributed by atoms with Gasteiger partial charge in [-0.1, -0.05) is 341 Å². The fourth-order valence-electron chi connectivity index (χ4n) is 22.5. The number of aryl methyl sites for hydroxylation is 10. The highest BCUT2D eigenvalue weighted by molar-refractivity contribution is 5.76. The number of hydrogen-bond donors (Lipinski definition) is 0. The van der Waals surface area contributed by atoms with Crippen molar-refractivity contribution < 1.29 is 28.3 Å². The van der Waals surface area contributed by atoms with Crippen molar-refractivity contribution in [2.45, 2.75) is 214 Å². The van der Waals surface area contributed by atoms with E-state index >= 15 is 0 Å². The quantitative estimate of drug-likeness (QED) is 0.0678. The number of aromatic nitrogens is 5. The van der Waals surface area contributed by atoms with Crippen LogP contribution in [0.4, 0.5) is 0 Å². The lowest BCUT2D eigenvalue weighted by Crippen LogP contribution is -2.30. The van der Waals surface area contributed by atoms with Gasteiger partial charge >= 0.3 is 0 Å². The molecule has 0 spiro atoms. The maximum Gasteiger partial charge on any atom is 0.213 e. The molecule has 7 aliphatic carbocycles. The van der Waals surface area contributed by atoms with E-state index in [9.17, 15) is 0 Å². The molecule has 5 heteroatoms. The van der Waals surface area contributed by atoms with Gasteiger partial charge in [-0.2, -0.15) is 0 Å². The fourth-order valence-corrected chi connectivity index (χ4v) is 22.5. The van der Waals surface area contributed by atoms with Gasteiger partial charge in [-0.3, -0.25) is 0 Å². The van der Waals surface area contributed by atoms with E-state index in [1.165, 1.54) is 250 Å². The van der Waals surface area contributed by atoms with Gasteiger partial charge in [0.25, 0.3) is 0 Å². The lowest BCUT2D eigenvalue weighted by molar-refractivity contribution is -0.660. The first kappa shape index (κ1) is 89.5. The Labute approximate surface area is 815 Å². The highest BCUT2D eigenvalue weighted by Crippen LogP contribution is 2.55. The van der Waals surface area contributed by atoms with Crippen molar-refractivity contribution in [1.82, 2.24) is 0 Å². The first-order valence-electron chi connectivity index (χ1n) is 53.3. The van der Waals surface area contributed by atoms with Gasteiger partial charge in [0.2, 0.25) is 28.5 Å². The van der Waals surface area contributed by atoms with E-state index in [0.717, 1.165) is 114 Å². The van der Waals surface area contributed by atoms with Crippen molar-refractivity contribution in [1.29, 1.82) is 0 Å². The van der Waals surface area contributed by atoms with Crippen molar-refractivity contribution in [3.05, 3.63) is 390 Å². The van der Waals surface area contributed by atoms with Crippen LogP contribution in [-0.4, -0.2) is 0 Å². The highest BCUT2D eigenvalue weighted by Gasteiger charge is 2.46. The van der Waals surface area contributed by atoms with E-state index in [0.29, 0.717) is 0 Å². The monoisotopic (exact) mass is 1780 g/mol. The van der Waals surface area contributed by atoms with Crippen LogP contribution in [-0.2, 0) is 67.2 Å². The molecule has 10 aromatic carbocycles. The molecular formula is C130H148N5+5. The van der Waals surface area contributed by atoms with Crippen LogP contribution in [0.25, 0.3) is 112 Å². The molecule has 688 valence electrons. The van der Waals surface area contributed by atoms with Gasteiger partial charge in [0, 0.05) is 94.0 Å². The Morgan fingerprint density at radius 1 is 0.215 bits per heavy atom. The molecule has 7 saturated carbocycles. The Balaban J connectivity index is 0.000000120. The van der Waals surface area contributed by atoms with Crippen LogP contribution in [0, 0.1) is 76.0 Å². The Hall–Kier alpha value is -12.1. The minimum absolute atomic E-state index is 0.127. The van der Waals surface area contributed by atoms with Gasteiger partial charge in [0.15, 0.2) is 31.0 Å². The molecule has 5 aromatic heterocycles. The Morgan fingerprint density at radius 3 is 0.778 bits per heavy atom. The first-order valence-corrected chi connectivity index (χ1v) is 51.3. The van der Waals surface area contributed by atoms with E-state index in [4.69, 9.17) is 5.48 Å². The Kier molecular flexibility index (Phi) is 30.5. The standard InChI is InChI=1S/C26H28N.4C26H30N/c1-18-5-3-4-6-24(18)26-17-21(13-14-27(26)2)20-9-7-19(8-10-20)15-25-22-11-12-23(25)16-22;2*1-20-9-6-7-14-25(20)26-19-24(15-16-27(26)2)23-13-8-12-22(18-23)17-21-10-4-3-5-11-21;2*1-20-8-6-7-11-25(20)26-19-24(16-17-27(26)2)23-14-12-22(13-15-23)18-21-9-4-3-5-10-21/h3-10,13-14,17,22-23,25H,11-12,15-16H2,1-2H3;2*6-9,12-16,18-19,21H,3-5,10-11,17H2,1-2H3;2*6-8,11-17,19,21H,3-5,9-10,18H2,1-2H3/q5*+1/i;17D2;;18D2;. The van der Waals surface area contributed by atoms with E-state index in [-0.39, 0.29) is 11.8 Å². The third kappa shape index (κ3) is 24.6. The summed E-state index contributed by atoms with van der Waals surface area (Å²) >= 11 is 0. The van der Waals surface area contributed by atoms with Crippen LogP contribution < -0.4 is 22.8 Å². The molecule has 0 radical (unpaired) electrons. The second-order valence-electron chi connectivity index (χ2n) is 40.5. The zero-order valence-electron chi connectivity index (χ0n) is 86.4. The molecular weight excluding hydrogens is 1630 g/mol. The van der Waals surface area contributed by atoms with Crippen LogP contribution >= 0.6 is 0 Å². The molecule has 5 heterocycles. The van der Waals surface area contributed by atoms with Crippen LogP contribution in [0.5, 0.6) is 0 Å². The average molecular weight is 1780 g/mol. The largest absolute Gasteiger partial charge is 0.213 e. The van der Waals surface area contributed by atoms with E-state index < -0.39 is 12.7 Å². The summed E-state index contributed by atoms with van der Waals surface area (Å²) < 4.78 is 46.0. The maximum atomic E-state index is 8.82. The van der Waals surface area contributed by atoms with Crippen molar-refractivity contribution in [2.75, 3.05) is 0 Å². The fraction of sp³-hybridized carbons (Fsp3) is 0.346. The zero-order chi connectivity index (χ0) is 96.5. The maximum absolute atomic E-state index is 8.82. The van der Waals surface area contributed by atoms with Gasteiger partial charge in [-0.25, -0.2) is 22.8 Å². The summed E-state index contributed by atoms with van der Waals surface area (Å²) in [6.45, 7) is 10.8. The number of fused-ring (bicyclic) bond motifs is 1. The number of nitrogens with zero attached hydrogens (tertiary/aromatic N) is 5. The lowest BCUT2D eigenvalue weighted by atomic mass is 9.69. The molecule has 2 atom stereocenters. The minimum Gasteiger partial charge on any atom is -0.201 e. The van der Waals surface area contributed by atoms with Crippen LogP contribution in [0.15, 0.2) is 334 Å². The van der Waals surface area contributed by atoms with Crippen molar-refractivity contribution in [3.8, 4) is 112 Å². The Bertz CT molecular complexity index is 6630. The SMILES string of the molecule is Cc1ccccc1-c1cc(-c2ccc(CC3C4CCC3C4)cc2)cc[n+]1C.Cc1ccccc1-c1cc(-c2ccc(CC3CCCCC3)cc2)cc[n+]1C.Cc1ccccc1-c1cc(-c2cccc(CC3CCCCC3)c2)cc[n+]1C.[2H]C([2H])(c1ccc(-c2cc[n+](C)c(-c3ccccc3C)c2)cc1)C1CCCCC1.[2H]C([2H])(c1cccc(-c2cc[n+](C)c(-c3ccccc3C)c2)c1)C1CCCCC1. The van der Waals surface area contributed by atoms with Gasteiger partial charge < -0.3 is 0 Å². The number of benzene rings is 10. The van der Waals surface area contributed by atoms with E-state index in [1.54, 1.807) is 0 Å². The molecule has 22 rings (SSSR count). The molecule has 135 heavy (non-hydrogen) atoms. The number of pyridine rings is 5. The molecule has 7 aliphatic rings. The van der Waals surface area contributed by atoms with Gasteiger partial charge in [0.05, 0.1) is 0 Å². The minimum atomic E-state index is -1.27. The van der Waals surface area contributed by atoms with Gasteiger partial charge in [0.1, 0.15) is 35.2 Å². The molecule has 0 N–H and O–H groups in total. The van der Waals surface area contributed by atoms with E-state index in [1.807, 2.05) is 24.3 Å². The van der Waals surface area contributed by atoms with Crippen molar-refractivity contribution in [2.24, 2.45) is 76.7 Å². The molecule has 2 bridgehead atoms. The summed E-state index contributed by atoms with van der Waals surface area (Å²) in [6, 6.07) is 109. The summed E-state index contributed by atoms with van der Waals surface area (Å²) in [7, 11) is 10.5. The van der Waals surface area contributed by atoms with E-state index in [2.05, 4.69) is 403 Å². The summed E-state index contributed by atoms with van der Waals surface area (Å²) in [5.41, 5.74) is 37.4. The summed E-state index contributed by atoms with van der Waals surface area (Å²) in [5.74, 6) is 5.08. The Morgan fingerprint density at radius 2 is 0.467 bits per heavy atom. The second-order valence-corrected chi connectivity index (χ2v) is 40.5. The van der Waals surface area contributed by atoms with Gasteiger partial charge in [-0.15, -0.1) is 0 Å². The summed E-state index contributed by atoms with van der Waals surface area (Å²) in [6.07, 6.45) is 41.8. The molecule has 15 aromatic rings. The topological polar surface area (TPSA) is 19.4 Å². The summed E-state index contributed by atoms with van der Waals surface area (Å²) in [4.78, 5) is 0. The highest BCUT2D eigenvalue weighted by atomic mass is 14.9. The molecule has 7 fully saturated rings. The normalized spacial score (nSPS) is 17.3. The third-order valence-electron chi connectivity index (χ3n) is 30.7. The van der Waals surface area contributed by atoms with Gasteiger partial charge in [-0.05, 0) is 269 Å².